The molecule has 0 heteroatoms. The van der Waals surface area contributed by atoms with E-state index in [0.717, 1.165) is 12.8 Å². The van der Waals surface area contributed by atoms with Crippen molar-refractivity contribution in [1.29, 1.82) is 0 Å². The normalized spacial score (nSPS) is 11.0. The lowest BCUT2D eigenvalue weighted by atomic mass is 9.98. The summed E-state index contributed by atoms with van der Waals surface area (Å²) in [6.07, 6.45) is 6.63. The summed E-state index contributed by atoms with van der Waals surface area (Å²) in [7, 11) is 0. The number of aryl methyl sites for hydroxylation is 1. The Labute approximate surface area is 110 Å². The summed E-state index contributed by atoms with van der Waals surface area (Å²) >= 11 is 0. The molecule has 0 aliphatic carbocycles. The van der Waals surface area contributed by atoms with E-state index >= 15 is 0 Å². The van der Waals surface area contributed by atoms with Gasteiger partial charge in [-0.05, 0) is 42.0 Å². The average molecular weight is 236 g/mol. The van der Waals surface area contributed by atoms with Crippen molar-refractivity contribution in [2.24, 2.45) is 0 Å². The van der Waals surface area contributed by atoms with Gasteiger partial charge >= 0.3 is 0 Å². The predicted octanol–water partition coefficient (Wildman–Crippen LogP) is 5.17. The summed E-state index contributed by atoms with van der Waals surface area (Å²) in [6.45, 7) is 4.35. The van der Waals surface area contributed by atoms with E-state index in [9.17, 15) is 0 Å². The van der Waals surface area contributed by atoms with E-state index in [0.29, 0.717) is 0 Å². The maximum Gasteiger partial charge on any atom is -0.00946 e. The molecule has 0 saturated heterocycles. The number of hydrogen-bond acceptors (Lipinski definition) is 0. The Bertz CT molecular complexity index is 521. The lowest BCUT2D eigenvalue weighted by Crippen LogP contribution is -1.88. The van der Waals surface area contributed by atoms with Crippen LogP contribution in [0.15, 0.2) is 60.7 Å². The molecular weight excluding hydrogens is 216 g/mol. The second-order valence-corrected chi connectivity index (χ2v) is 4.59. The highest BCUT2D eigenvalue weighted by molar-refractivity contribution is 5.64. The Morgan fingerprint density at radius 3 is 2.39 bits per heavy atom. The van der Waals surface area contributed by atoms with Crippen molar-refractivity contribution in [2.45, 2.75) is 26.7 Å². The summed E-state index contributed by atoms with van der Waals surface area (Å²) in [5.74, 6) is 0. The monoisotopic (exact) mass is 236 g/mol. The summed E-state index contributed by atoms with van der Waals surface area (Å²) in [4.78, 5) is 0. The van der Waals surface area contributed by atoms with Gasteiger partial charge in [-0.1, -0.05) is 67.6 Å². The van der Waals surface area contributed by atoms with Crippen LogP contribution in [-0.2, 0) is 6.42 Å². The molecule has 0 saturated carbocycles. The third-order valence-corrected chi connectivity index (χ3v) is 3.20. The van der Waals surface area contributed by atoms with Crippen LogP contribution in [0.1, 0.15) is 24.5 Å². The molecule has 2 rings (SSSR count). The maximum absolute atomic E-state index is 2.31. The van der Waals surface area contributed by atoms with Crippen LogP contribution in [0.25, 0.3) is 11.1 Å². The Morgan fingerprint density at radius 2 is 1.67 bits per heavy atom. The van der Waals surface area contributed by atoms with Crippen molar-refractivity contribution < 1.29 is 0 Å². The summed E-state index contributed by atoms with van der Waals surface area (Å²) in [5, 5.41) is 0. The van der Waals surface area contributed by atoms with E-state index in [1.807, 2.05) is 0 Å². The number of hydrogen-bond donors (Lipinski definition) is 0. The fraction of sp³-hybridized carbons (Fsp3) is 0.222. The second-order valence-electron chi connectivity index (χ2n) is 4.59. The molecule has 0 aliphatic rings. The number of allylic oxidation sites excluding steroid dienone is 2. The van der Waals surface area contributed by atoms with Gasteiger partial charge in [0.2, 0.25) is 0 Å². The van der Waals surface area contributed by atoms with Crippen LogP contribution in [0.3, 0.4) is 0 Å². The van der Waals surface area contributed by atoms with Gasteiger partial charge in [0.25, 0.3) is 0 Å². The first-order valence-electron chi connectivity index (χ1n) is 6.61. The van der Waals surface area contributed by atoms with Crippen LogP contribution < -0.4 is 0 Å². The minimum atomic E-state index is 1.03. The Kier molecular flexibility index (Phi) is 4.35. The van der Waals surface area contributed by atoms with E-state index in [-0.39, 0.29) is 0 Å². The molecule has 0 fully saturated rings. The fourth-order valence-corrected chi connectivity index (χ4v) is 2.08. The van der Waals surface area contributed by atoms with Crippen molar-refractivity contribution in [3.8, 4) is 11.1 Å². The molecule has 0 unspecified atom stereocenters. The van der Waals surface area contributed by atoms with Gasteiger partial charge in [0.1, 0.15) is 0 Å². The van der Waals surface area contributed by atoms with Crippen molar-refractivity contribution >= 4 is 0 Å². The highest BCUT2D eigenvalue weighted by Gasteiger charge is 2.01. The maximum atomic E-state index is 2.31. The van der Waals surface area contributed by atoms with E-state index in [2.05, 4.69) is 74.5 Å². The van der Waals surface area contributed by atoms with Crippen LogP contribution in [0.5, 0.6) is 0 Å². The third-order valence-electron chi connectivity index (χ3n) is 3.20. The highest BCUT2D eigenvalue weighted by Crippen LogP contribution is 2.22. The average Bonchev–Trinajstić information content (AvgIpc) is 2.42. The van der Waals surface area contributed by atoms with E-state index in [1.165, 1.54) is 22.3 Å². The molecule has 0 spiro atoms. The zero-order chi connectivity index (χ0) is 12.8. The molecule has 2 aromatic rings. The molecule has 0 nitrogen and oxygen atoms in total. The Morgan fingerprint density at radius 1 is 0.889 bits per heavy atom. The van der Waals surface area contributed by atoms with Gasteiger partial charge in [-0.3, -0.25) is 0 Å². The first-order valence-corrected chi connectivity index (χ1v) is 6.61. The molecular formula is C18H20. The predicted molar refractivity (Wildman–Crippen MR) is 79.8 cm³/mol. The largest absolute Gasteiger partial charge is 0.0885 e. The minimum absolute atomic E-state index is 1.03. The summed E-state index contributed by atoms with van der Waals surface area (Å²) in [6, 6.07) is 17.3. The molecule has 0 radical (unpaired) electrons. The smallest absolute Gasteiger partial charge is 0.00946 e. The van der Waals surface area contributed by atoms with Gasteiger partial charge in [-0.2, -0.15) is 0 Å². The van der Waals surface area contributed by atoms with Crippen molar-refractivity contribution in [1.82, 2.24) is 0 Å². The first kappa shape index (κ1) is 12.6. The van der Waals surface area contributed by atoms with Gasteiger partial charge < -0.3 is 0 Å². The lowest BCUT2D eigenvalue weighted by molar-refractivity contribution is 1.16. The SMILES string of the molecule is CCC=CCc1cc(-c2ccccc2)ccc1C. The van der Waals surface area contributed by atoms with Crippen molar-refractivity contribution in [3.63, 3.8) is 0 Å². The van der Waals surface area contributed by atoms with Crippen LogP contribution in [-0.4, -0.2) is 0 Å². The molecule has 0 amide bonds. The highest BCUT2D eigenvalue weighted by atomic mass is 14.1. The standard InChI is InChI=1S/C18H20/c1-3-4-6-11-17-14-18(13-12-15(17)2)16-9-7-5-8-10-16/h4-10,12-14H,3,11H2,1-2H3. The quantitative estimate of drug-likeness (QED) is 0.642. The molecule has 0 heterocycles. The van der Waals surface area contributed by atoms with Crippen LogP contribution in [0.4, 0.5) is 0 Å². The van der Waals surface area contributed by atoms with E-state index in [1.54, 1.807) is 0 Å². The van der Waals surface area contributed by atoms with Gasteiger partial charge in [0, 0.05) is 0 Å². The first-order chi connectivity index (χ1) is 8.81. The molecule has 0 aliphatic heterocycles. The third kappa shape index (κ3) is 3.10. The van der Waals surface area contributed by atoms with Gasteiger partial charge in [-0.15, -0.1) is 0 Å². The molecule has 0 atom stereocenters. The number of rotatable bonds is 4. The molecule has 0 N–H and O–H groups in total. The van der Waals surface area contributed by atoms with Gasteiger partial charge in [0.05, 0.1) is 0 Å². The van der Waals surface area contributed by atoms with Crippen molar-refractivity contribution in [3.05, 3.63) is 71.8 Å². The second kappa shape index (κ2) is 6.20. The lowest BCUT2D eigenvalue weighted by Gasteiger charge is -2.07. The molecule has 18 heavy (non-hydrogen) atoms. The van der Waals surface area contributed by atoms with Crippen LogP contribution in [0.2, 0.25) is 0 Å². The number of benzene rings is 2. The molecule has 0 bridgehead atoms. The topological polar surface area (TPSA) is 0 Å². The Balaban J connectivity index is 2.29. The van der Waals surface area contributed by atoms with Gasteiger partial charge in [-0.25, -0.2) is 0 Å². The molecule has 2 aromatic carbocycles. The minimum Gasteiger partial charge on any atom is -0.0885 e. The molecule has 92 valence electrons. The van der Waals surface area contributed by atoms with E-state index < -0.39 is 0 Å². The van der Waals surface area contributed by atoms with Crippen LogP contribution in [0, 0.1) is 6.92 Å². The zero-order valence-corrected chi connectivity index (χ0v) is 11.2. The Hall–Kier alpha value is -1.82. The van der Waals surface area contributed by atoms with Crippen LogP contribution >= 0.6 is 0 Å². The summed E-state index contributed by atoms with van der Waals surface area (Å²) < 4.78 is 0. The van der Waals surface area contributed by atoms with Gasteiger partial charge in [0.15, 0.2) is 0 Å². The fourth-order valence-electron chi connectivity index (χ4n) is 2.08. The van der Waals surface area contributed by atoms with E-state index in [4.69, 9.17) is 0 Å². The molecule has 0 aromatic heterocycles. The zero-order valence-electron chi connectivity index (χ0n) is 11.2. The van der Waals surface area contributed by atoms with Crippen molar-refractivity contribution in [2.75, 3.05) is 0 Å². The summed E-state index contributed by atoms with van der Waals surface area (Å²) in [5.41, 5.74) is 5.39.